The van der Waals surface area contributed by atoms with Crippen LogP contribution in [0.15, 0.2) is 30.3 Å². The van der Waals surface area contributed by atoms with Crippen LogP contribution in [-0.4, -0.2) is 13.3 Å². The lowest BCUT2D eigenvalue weighted by Crippen LogP contribution is -2.43. The van der Waals surface area contributed by atoms with E-state index in [4.69, 9.17) is 4.43 Å². The van der Waals surface area contributed by atoms with Crippen LogP contribution in [0, 0.1) is 0 Å². The van der Waals surface area contributed by atoms with Gasteiger partial charge in [-0.1, -0.05) is 39.0 Å². The van der Waals surface area contributed by atoms with Gasteiger partial charge in [-0.3, -0.25) is 0 Å². The van der Waals surface area contributed by atoms with Gasteiger partial charge in [0.25, 0.3) is 8.32 Å². The first-order chi connectivity index (χ1) is 9.92. The van der Waals surface area contributed by atoms with Crippen molar-refractivity contribution in [1.82, 2.24) is 4.98 Å². The maximum absolute atomic E-state index is 12.9. The average Bonchev–Trinajstić information content (AvgIpc) is 2.35. The second-order valence-electron chi connectivity index (χ2n) is 6.88. The summed E-state index contributed by atoms with van der Waals surface area (Å²) in [6.45, 7) is 10.4. The van der Waals surface area contributed by atoms with E-state index < -0.39 is 20.2 Å². The summed E-state index contributed by atoms with van der Waals surface area (Å²) < 4.78 is 44.8. The Bertz CT molecular complexity index is 690. The van der Waals surface area contributed by atoms with Crippen LogP contribution < -0.4 is 4.43 Å². The molecule has 0 amide bonds. The zero-order valence-electron chi connectivity index (χ0n) is 13.4. The Balaban J connectivity index is 2.55. The molecule has 0 aliphatic carbocycles. The van der Waals surface area contributed by atoms with E-state index >= 15 is 0 Å². The molecule has 2 nitrogen and oxygen atoms in total. The van der Waals surface area contributed by atoms with Crippen molar-refractivity contribution < 1.29 is 17.6 Å². The maximum Gasteiger partial charge on any atom is 0.433 e. The number of para-hydroxylation sites is 1. The molecule has 0 spiro atoms. The van der Waals surface area contributed by atoms with Crippen molar-refractivity contribution in [2.24, 2.45) is 0 Å². The number of halogens is 3. The molecule has 0 atom stereocenters. The largest absolute Gasteiger partial charge is 0.542 e. The van der Waals surface area contributed by atoms with Crippen LogP contribution in [0.3, 0.4) is 0 Å². The molecular weight excluding hydrogens is 307 g/mol. The third kappa shape index (κ3) is 3.26. The Morgan fingerprint density at radius 2 is 1.64 bits per heavy atom. The van der Waals surface area contributed by atoms with Gasteiger partial charge >= 0.3 is 6.18 Å². The molecular formula is C16H20F3NOSi. The number of hydrogen-bond acceptors (Lipinski definition) is 2. The van der Waals surface area contributed by atoms with Crippen LogP contribution in [0.1, 0.15) is 26.5 Å². The highest BCUT2D eigenvalue weighted by atomic mass is 28.4. The summed E-state index contributed by atoms with van der Waals surface area (Å²) in [5, 5.41) is 0.598. The van der Waals surface area contributed by atoms with Gasteiger partial charge in [-0.2, -0.15) is 13.2 Å². The number of pyridine rings is 1. The van der Waals surface area contributed by atoms with Gasteiger partial charge in [0.1, 0.15) is 17.0 Å². The van der Waals surface area contributed by atoms with Crippen molar-refractivity contribution in [3.63, 3.8) is 0 Å². The standard InChI is InChI=1S/C16H20F3NOSi/c1-15(2,3)22(4,5)21-12-8-6-7-11-9-10-13(16(17,18)19)20-14(11)12/h6-10H,1-5H3. The molecule has 0 radical (unpaired) electrons. The van der Waals surface area contributed by atoms with Crippen LogP contribution >= 0.6 is 0 Å². The number of fused-ring (bicyclic) bond motifs is 1. The molecule has 120 valence electrons. The first-order valence-electron chi connectivity index (χ1n) is 7.08. The Kier molecular flexibility index (Phi) is 4.02. The zero-order chi connectivity index (χ0) is 16.8. The van der Waals surface area contributed by atoms with Gasteiger partial charge in [0.15, 0.2) is 0 Å². The quantitative estimate of drug-likeness (QED) is 0.666. The molecule has 0 bridgehead atoms. The normalized spacial score (nSPS) is 13.5. The van der Waals surface area contributed by atoms with Gasteiger partial charge in [0.2, 0.25) is 0 Å². The summed E-state index contributed by atoms with van der Waals surface area (Å²) in [5.41, 5.74) is -0.631. The van der Waals surface area contributed by atoms with E-state index in [1.54, 1.807) is 18.2 Å². The van der Waals surface area contributed by atoms with Gasteiger partial charge in [-0.05, 0) is 30.3 Å². The van der Waals surface area contributed by atoms with Gasteiger partial charge in [-0.25, -0.2) is 4.98 Å². The van der Waals surface area contributed by atoms with Crippen molar-refractivity contribution in [1.29, 1.82) is 0 Å². The van der Waals surface area contributed by atoms with E-state index in [0.29, 0.717) is 11.1 Å². The summed E-state index contributed by atoms with van der Waals surface area (Å²) in [6.07, 6.45) is -4.46. The highest BCUT2D eigenvalue weighted by Gasteiger charge is 2.39. The number of rotatable bonds is 2. The number of aromatic nitrogens is 1. The van der Waals surface area contributed by atoms with E-state index in [-0.39, 0.29) is 10.6 Å². The molecule has 6 heteroatoms. The lowest BCUT2D eigenvalue weighted by atomic mass is 10.2. The van der Waals surface area contributed by atoms with E-state index in [1.165, 1.54) is 6.07 Å². The van der Waals surface area contributed by atoms with Crippen molar-refractivity contribution in [2.45, 2.75) is 45.1 Å². The van der Waals surface area contributed by atoms with Crippen LogP contribution in [0.25, 0.3) is 10.9 Å². The molecule has 0 saturated carbocycles. The molecule has 22 heavy (non-hydrogen) atoms. The highest BCUT2D eigenvalue weighted by Crippen LogP contribution is 2.39. The molecule has 0 aliphatic rings. The van der Waals surface area contributed by atoms with Gasteiger partial charge in [0, 0.05) is 5.39 Å². The molecule has 2 aromatic rings. The van der Waals surface area contributed by atoms with Gasteiger partial charge in [0.05, 0.1) is 0 Å². The lowest BCUT2D eigenvalue weighted by molar-refractivity contribution is -0.140. The molecule has 0 N–H and O–H groups in total. The second kappa shape index (κ2) is 5.26. The minimum atomic E-state index is -4.46. The Morgan fingerprint density at radius 3 is 2.18 bits per heavy atom. The smallest absolute Gasteiger partial charge is 0.433 e. The molecule has 0 saturated heterocycles. The topological polar surface area (TPSA) is 22.1 Å². The van der Waals surface area contributed by atoms with E-state index in [1.807, 2.05) is 0 Å². The van der Waals surface area contributed by atoms with Crippen LogP contribution in [0.2, 0.25) is 18.1 Å². The summed E-state index contributed by atoms with van der Waals surface area (Å²) in [5.74, 6) is 0.426. The van der Waals surface area contributed by atoms with Crippen molar-refractivity contribution in [3.8, 4) is 5.75 Å². The Labute approximate surface area is 129 Å². The molecule has 1 aromatic heterocycles. The monoisotopic (exact) mass is 327 g/mol. The molecule has 0 aliphatic heterocycles. The summed E-state index contributed by atoms with van der Waals surface area (Å²) in [4.78, 5) is 3.78. The third-order valence-electron chi connectivity index (χ3n) is 4.14. The molecule has 0 fully saturated rings. The fourth-order valence-corrected chi connectivity index (χ4v) is 2.81. The Morgan fingerprint density at radius 1 is 1.00 bits per heavy atom. The first kappa shape index (κ1) is 16.8. The lowest BCUT2D eigenvalue weighted by Gasteiger charge is -2.36. The van der Waals surface area contributed by atoms with Crippen molar-refractivity contribution in [2.75, 3.05) is 0 Å². The fraction of sp³-hybridized carbons (Fsp3) is 0.438. The number of hydrogen-bond donors (Lipinski definition) is 0. The molecule has 2 rings (SSSR count). The van der Waals surface area contributed by atoms with E-state index in [9.17, 15) is 13.2 Å². The van der Waals surface area contributed by atoms with E-state index in [2.05, 4.69) is 38.8 Å². The van der Waals surface area contributed by atoms with Gasteiger partial charge < -0.3 is 4.43 Å². The predicted molar refractivity (Wildman–Crippen MR) is 84.6 cm³/mol. The average molecular weight is 327 g/mol. The van der Waals surface area contributed by atoms with Crippen LogP contribution in [-0.2, 0) is 6.18 Å². The van der Waals surface area contributed by atoms with Crippen LogP contribution in [0.4, 0.5) is 13.2 Å². The predicted octanol–water partition coefficient (Wildman–Crippen LogP) is 5.64. The third-order valence-corrected chi connectivity index (χ3v) is 8.49. The molecule has 1 aromatic carbocycles. The minimum absolute atomic E-state index is 0.0448. The highest BCUT2D eigenvalue weighted by molar-refractivity contribution is 6.74. The summed E-state index contributed by atoms with van der Waals surface area (Å²) in [6, 6.07) is 7.64. The zero-order valence-corrected chi connectivity index (χ0v) is 14.4. The first-order valence-corrected chi connectivity index (χ1v) is 9.99. The minimum Gasteiger partial charge on any atom is -0.542 e. The molecule has 0 unspecified atom stereocenters. The summed E-state index contributed by atoms with van der Waals surface area (Å²) in [7, 11) is -2.15. The molecule has 1 heterocycles. The van der Waals surface area contributed by atoms with Crippen molar-refractivity contribution >= 4 is 19.2 Å². The second-order valence-corrected chi connectivity index (χ2v) is 11.6. The van der Waals surface area contributed by atoms with Crippen molar-refractivity contribution in [3.05, 3.63) is 36.0 Å². The Hall–Kier alpha value is -1.56. The number of alkyl halides is 3. The van der Waals surface area contributed by atoms with Crippen LogP contribution in [0.5, 0.6) is 5.75 Å². The maximum atomic E-state index is 12.9. The van der Waals surface area contributed by atoms with E-state index in [0.717, 1.165) is 6.07 Å². The summed E-state index contributed by atoms with van der Waals surface area (Å²) >= 11 is 0. The fourth-order valence-electron chi connectivity index (χ4n) is 1.79. The SMILES string of the molecule is CC(C)(C)[Si](C)(C)Oc1cccc2ccc(C(F)(F)F)nc12. The number of benzene rings is 1. The van der Waals surface area contributed by atoms with Gasteiger partial charge in [-0.15, -0.1) is 0 Å². The number of nitrogens with zero attached hydrogens (tertiary/aromatic N) is 1.